The zero-order chi connectivity index (χ0) is 35.2. The van der Waals surface area contributed by atoms with Crippen LogP contribution in [0.3, 0.4) is 0 Å². The molecule has 7 aromatic rings. The number of benzene rings is 3. The molecule has 0 atom stereocenters. The number of nitrogens with one attached hydrogen (secondary N) is 2. The van der Waals surface area contributed by atoms with Gasteiger partial charge in [0.2, 0.25) is 10.0 Å². The van der Waals surface area contributed by atoms with E-state index in [2.05, 4.69) is 15.3 Å². The predicted octanol–water partition coefficient (Wildman–Crippen LogP) is 7.32. The molecule has 1 amide bonds. The van der Waals surface area contributed by atoms with Crippen LogP contribution in [0.5, 0.6) is 5.75 Å². The summed E-state index contributed by atoms with van der Waals surface area (Å²) in [5, 5.41) is 3.31. The van der Waals surface area contributed by atoms with Gasteiger partial charge in [-0.15, -0.1) is 0 Å². The van der Waals surface area contributed by atoms with Gasteiger partial charge in [-0.1, -0.05) is 30.3 Å². The Morgan fingerprint density at radius 3 is 2.44 bits per heavy atom. The molecule has 0 unspecified atom stereocenters. The number of rotatable bonds is 9. The third-order valence-corrected chi connectivity index (χ3v) is 9.52. The standard InChI is InChI=1S/C37H29F2N5O5S/c1-40-37(45)34-26-15-25(31(44(2)50(3,46)47)17-33(26)49-36(34)22-9-11-23(38)12-10-22)28-13-14-32(48-20-21-7-5-4-6-8-21)35(43-28)29-16-24-27(39)18-41-19-30(24)42-29/h4-19,42H,20H2,1-3H3,(H,40,45). The molecule has 7 rings (SSSR count). The van der Waals surface area contributed by atoms with Gasteiger partial charge in [0.1, 0.15) is 35.2 Å². The molecule has 10 nitrogen and oxygen atoms in total. The summed E-state index contributed by atoms with van der Waals surface area (Å²) >= 11 is 0. The number of sulfonamides is 1. The maximum Gasteiger partial charge on any atom is 0.255 e. The number of carbonyl (C=O) groups excluding carboxylic acids is 1. The van der Waals surface area contributed by atoms with Crippen molar-refractivity contribution in [1.82, 2.24) is 20.3 Å². The molecule has 0 radical (unpaired) electrons. The van der Waals surface area contributed by atoms with Gasteiger partial charge in [0.15, 0.2) is 5.82 Å². The Hall–Kier alpha value is -6.08. The number of pyridine rings is 2. The van der Waals surface area contributed by atoms with E-state index in [-0.39, 0.29) is 29.2 Å². The quantitative estimate of drug-likeness (QED) is 0.162. The molecule has 0 aliphatic heterocycles. The van der Waals surface area contributed by atoms with Crippen molar-refractivity contribution in [2.24, 2.45) is 0 Å². The maximum atomic E-state index is 14.8. The van der Waals surface area contributed by atoms with Gasteiger partial charge in [0.05, 0.1) is 46.8 Å². The highest BCUT2D eigenvalue weighted by molar-refractivity contribution is 7.92. The Morgan fingerprint density at radius 2 is 1.74 bits per heavy atom. The highest BCUT2D eigenvalue weighted by atomic mass is 32.2. The first-order valence-corrected chi connectivity index (χ1v) is 17.2. The molecule has 0 aliphatic carbocycles. The largest absolute Gasteiger partial charge is 0.487 e. The van der Waals surface area contributed by atoms with Crippen molar-refractivity contribution >= 4 is 43.5 Å². The van der Waals surface area contributed by atoms with Crippen molar-refractivity contribution in [3.05, 3.63) is 120 Å². The first kappa shape index (κ1) is 32.5. The van der Waals surface area contributed by atoms with E-state index in [1.807, 2.05) is 30.3 Å². The Labute approximate surface area is 285 Å². The molecule has 0 bridgehead atoms. The molecular weight excluding hydrogens is 664 g/mol. The van der Waals surface area contributed by atoms with E-state index in [0.717, 1.165) is 22.3 Å². The number of hydrogen-bond acceptors (Lipinski definition) is 7. The molecular formula is C37H29F2N5O5S. The summed E-state index contributed by atoms with van der Waals surface area (Å²) in [4.78, 5) is 25.4. The van der Waals surface area contributed by atoms with Crippen molar-refractivity contribution in [2.75, 3.05) is 24.7 Å². The Kier molecular flexibility index (Phi) is 8.28. The lowest BCUT2D eigenvalue weighted by molar-refractivity contribution is 0.0964. The van der Waals surface area contributed by atoms with E-state index in [1.165, 1.54) is 50.6 Å². The van der Waals surface area contributed by atoms with Gasteiger partial charge >= 0.3 is 0 Å². The smallest absolute Gasteiger partial charge is 0.255 e. The minimum absolute atomic E-state index is 0.172. The van der Waals surface area contributed by atoms with E-state index in [0.29, 0.717) is 50.2 Å². The number of aromatic amines is 1. The number of anilines is 1. The fourth-order valence-corrected chi connectivity index (χ4v) is 6.23. The first-order valence-electron chi connectivity index (χ1n) is 15.3. The van der Waals surface area contributed by atoms with Crippen molar-refractivity contribution in [3.63, 3.8) is 0 Å². The number of nitrogens with zero attached hydrogens (tertiary/aromatic N) is 3. The highest BCUT2D eigenvalue weighted by Crippen LogP contribution is 2.42. The average molecular weight is 694 g/mol. The number of H-pyrrole nitrogens is 1. The predicted molar refractivity (Wildman–Crippen MR) is 187 cm³/mol. The molecule has 50 heavy (non-hydrogen) atoms. The second kappa shape index (κ2) is 12.7. The molecule has 3 aromatic carbocycles. The zero-order valence-electron chi connectivity index (χ0n) is 27.0. The Balaban J connectivity index is 1.46. The van der Waals surface area contributed by atoms with E-state index < -0.39 is 27.6 Å². The van der Waals surface area contributed by atoms with Gasteiger partial charge in [0, 0.05) is 42.1 Å². The second-order valence-corrected chi connectivity index (χ2v) is 13.6. The van der Waals surface area contributed by atoms with Crippen LogP contribution in [-0.4, -0.2) is 49.6 Å². The van der Waals surface area contributed by atoms with Crippen LogP contribution in [0.1, 0.15) is 15.9 Å². The van der Waals surface area contributed by atoms with Gasteiger partial charge in [-0.3, -0.25) is 14.1 Å². The summed E-state index contributed by atoms with van der Waals surface area (Å²) in [6.07, 6.45) is 3.69. The summed E-state index contributed by atoms with van der Waals surface area (Å²) in [6, 6.07) is 23.2. The SMILES string of the molecule is CNC(=O)c1c(-c2ccc(F)cc2)oc2cc(N(C)S(C)(=O)=O)c(-c3ccc(OCc4ccccc4)c(-c4cc5c(F)cncc5[nH]4)n3)cc12. The third-order valence-electron chi connectivity index (χ3n) is 8.33. The fraction of sp³-hybridized carbons (Fsp3) is 0.108. The second-order valence-electron chi connectivity index (χ2n) is 11.6. The minimum atomic E-state index is -3.80. The van der Waals surface area contributed by atoms with Crippen LogP contribution in [0, 0.1) is 11.6 Å². The summed E-state index contributed by atoms with van der Waals surface area (Å²) < 4.78 is 67.9. The summed E-state index contributed by atoms with van der Waals surface area (Å²) in [5.74, 6) is -0.891. The molecule has 0 saturated heterocycles. The van der Waals surface area contributed by atoms with Crippen LogP contribution in [0.2, 0.25) is 0 Å². The van der Waals surface area contributed by atoms with Gasteiger partial charge in [-0.2, -0.15) is 0 Å². The monoisotopic (exact) mass is 693 g/mol. The number of hydrogen-bond donors (Lipinski definition) is 2. The van der Waals surface area contributed by atoms with E-state index in [1.54, 1.807) is 24.3 Å². The Bertz CT molecular complexity index is 2520. The summed E-state index contributed by atoms with van der Waals surface area (Å²) in [5.41, 5.74) is 3.84. The third kappa shape index (κ3) is 6.03. The Morgan fingerprint density at radius 1 is 0.980 bits per heavy atom. The number of carbonyl (C=O) groups is 1. The minimum Gasteiger partial charge on any atom is -0.487 e. The van der Waals surface area contributed by atoms with Crippen LogP contribution < -0.4 is 14.4 Å². The molecule has 2 N–H and O–H groups in total. The van der Waals surface area contributed by atoms with Crippen LogP contribution in [0.15, 0.2) is 102 Å². The number of amides is 1. The lowest BCUT2D eigenvalue weighted by Gasteiger charge is -2.21. The van der Waals surface area contributed by atoms with Crippen LogP contribution in [0.25, 0.3) is 55.8 Å². The fourth-order valence-electron chi connectivity index (χ4n) is 5.72. The molecule has 0 fully saturated rings. The number of furan rings is 1. The lowest BCUT2D eigenvalue weighted by Crippen LogP contribution is -2.25. The van der Waals surface area contributed by atoms with Crippen molar-refractivity contribution in [1.29, 1.82) is 0 Å². The molecule has 0 spiro atoms. The van der Waals surface area contributed by atoms with Crippen LogP contribution in [-0.2, 0) is 16.6 Å². The molecule has 0 saturated carbocycles. The van der Waals surface area contributed by atoms with Gasteiger partial charge < -0.3 is 19.5 Å². The summed E-state index contributed by atoms with van der Waals surface area (Å²) in [6.45, 7) is 0.218. The van der Waals surface area contributed by atoms with E-state index in [4.69, 9.17) is 14.1 Å². The first-order chi connectivity index (χ1) is 24.0. The van der Waals surface area contributed by atoms with E-state index >= 15 is 0 Å². The van der Waals surface area contributed by atoms with Crippen molar-refractivity contribution < 1.29 is 31.1 Å². The number of halogens is 2. The van der Waals surface area contributed by atoms with Gasteiger partial charge in [-0.25, -0.2) is 22.2 Å². The highest BCUT2D eigenvalue weighted by Gasteiger charge is 2.27. The molecule has 0 aliphatic rings. The topological polar surface area (TPSA) is 130 Å². The number of ether oxygens (including phenoxy) is 1. The average Bonchev–Trinajstić information content (AvgIpc) is 3.72. The molecule has 4 heterocycles. The van der Waals surface area contributed by atoms with Crippen LogP contribution >= 0.6 is 0 Å². The van der Waals surface area contributed by atoms with Gasteiger partial charge in [-0.05, 0) is 54.1 Å². The van der Waals surface area contributed by atoms with E-state index in [9.17, 15) is 22.0 Å². The normalized spacial score (nSPS) is 11.6. The molecule has 13 heteroatoms. The summed E-state index contributed by atoms with van der Waals surface area (Å²) in [7, 11) is -0.931. The number of fused-ring (bicyclic) bond motifs is 2. The van der Waals surface area contributed by atoms with Gasteiger partial charge in [0.25, 0.3) is 5.91 Å². The maximum absolute atomic E-state index is 14.8. The molecule has 4 aromatic heterocycles. The number of aromatic nitrogens is 3. The van der Waals surface area contributed by atoms with Crippen molar-refractivity contribution in [2.45, 2.75) is 6.61 Å². The van der Waals surface area contributed by atoms with Crippen molar-refractivity contribution in [3.8, 4) is 39.7 Å². The van der Waals surface area contributed by atoms with Crippen LogP contribution in [0.4, 0.5) is 14.5 Å². The molecule has 252 valence electrons. The lowest BCUT2D eigenvalue weighted by atomic mass is 10.0. The zero-order valence-corrected chi connectivity index (χ0v) is 27.8.